The monoisotopic (exact) mass is 461 g/mol. The van der Waals surface area contributed by atoms with Crippen molar-refractivity contribution in [2.45, 2.75) is 19.9 Å². The molecule has 3 aromatic rings. The molecule has 1 atom stereocenters. The Morgan fingerprint density at radius 3 is 2.39 bits per heavy atom. The van der Waals surface area contributed by atoms with Gasteiger partial charge in [0.05, 0.1) is 24.0 Å². The van der Waals surface area contributed by atoms with Crippen LogP contribution in [0.15, 0.2) is 78.5 Å². The largest absolute Gasteiger partial charge is 0.401 e. The van der Waals surface area contributed by atoms with E-state index < -0.39 is 0 Å². The Balaban J connectivity index is 1.75. The van der Waals surface area contributed by atoms with E-state index in [0.717, 1.165) is 28.2 Å². The summed E-state index contributed by atoms with van der Waals surface area (Å²) in [6.07, 6.45) is 0. The minimum absolute atomic E-state index is 0.119. The van der Waals surface area contributed by atoms with E-state index in [1.54, 1.807) is 5.01 Å². The number of fused-ring (bicyclic) bond motifs is 1. The van der Waals surface area contributed by atoms with Crippen LogP contribution >= 0.6 is 11.6 Å². The van der Waals surface area contributed by atoms with Crippen molar-refractivity contribution in [3.05, 3.63) is 100 Å². The molecule has 1 aliphatic heterocycles. The third-order valence-corrected chi connectivity index (χ3v) is 6.07. The molecule has 7 heteroatoms. The van der Waals surface area contributed by atoms with Gasteiger partial charge in [-0.1, -0.05) is 41.9 Å². The van der Waals surface area contributed by atoms with E-state index in [9.17, 15) is 4.79 Å². The maximum absolute atomic E-state index is 13.1. The van der Waals surface area contributed by atoms with Crippen LogP contribution in [0.2, 0.25) is 5.02 Å². The lowest BCUT2D eigenvalue weighted by atomic mass is 10.0. The first-order valence-electron chi connectivity index (χ1n) is 10.9. The zero-order valence-corrected chi connectivity index (χ0v) is 19.5. The highest BCUT2D eigenvalue weighted by Gasteiger charge is 2.26. The molecule has 0 aromatic heterocycles. The fourth-order valence-corrected chi connectivity index (χ4v) is 4.25. The Labute approximate surface area is 199 Å². The summed E-state index contributed by atoms with van der Waals surface area (Å²) in [5, 5.41) is 5.42. The molecular formula is C26H28ClN5O. The highest BCUT2D eigenvalue weighted by molar-refractivity contribution is 6.30. The van der Waals surface area contributed by atoms with Gasteiger partial charge in [-0.05, 0) is 61.9 Å². The standard InChI is InChI=1S/C26H28ClN5O/c1-17(28)25-23-13-8-20(26(33)30-18(2)19-6-4-3-5-7-19)16-24(23)31(14-15-32(25)29)22-11-9-21(27)10-12-22/h3-13,16,18H,14-15,28-29H2,1-2H3,(H,30,33)/b25-17-. The predicted molar refractivity (Wildman–Crippen MR) is 135 cm³/mol. The van der Waals surface area contributed by atoms with Crippen molar-refractivity contribution in [2.24, 2.45) is 11.6 Å². The number of benzene rings is 3. The third-order valence-electron chi connectivity index (χ3n) is 5.82. The molecule has 0 aliphatic carbocycles. The molecule has 0 fully saturated rings. The number of amides is 1. The second-order valence-electron chi connectivity index (χ2n) is 8.19. The molecule has 0 saturated carbocycles. The second kappa shape index (κ2) is 9.57. The first-order valence-corrected chi connectivity index (χ1v) is 11.2. The van der Waals surface area contributed by atoms with Gasteiger partial charge >= 0.3 is 0 Å². The van der Waals surface area contributed by atoms with Gasteiger partial charge < -0.3 is 21.0 Å². The molecule has 4 rings (SSSR count). The van der Waals surface area contributed by atoms with Crippen LogP contribution < -0.4 is 21.8 Å². The van der Waals surface area contributed by atoms with E-state index in [4.69, 9.17) is 23.2 Å². The van der Waals surface area contributed by atoms with Crippen LogP contribution in [0.25, 0.3) is 5.70 Å². The van der Waals surface area contributed by atoms with E-state index in [1.807, 2.05) is 86.6 Å². The summed E-state index contributed by atoms with van der Waals surface area (Å²) in [4.78, 5) is 15.3. The number of nitrogens with zero attached hydrogens (tertiary/aromatic N) is 2. The molecular weight excluding hydrogens is 434 g/mol. The molecule has 5 N–H and O–H groups in total. The lowest BCUT2D eigenvalue weighted by Gasteiger charge is -2.25. The maximum atomic E-state index is 13.1. The number of allylic oxidation sites excluding steroid dienone is 1. The number of carbonyl (C=O) groups excluding carboxylic acids is 1. The van der Waals surface area contributed by atoms with Crippen LogP contribution in [0.5, 0.6) is 0 Å². The highest BCUT2D eigenvalue weighted by Crippen LogP contribution is 2.37. The van der Waals surface area contributed by atoms with Crippen molar-refractivity contribution in [3.8, 4) is 0 Å². The maximum Gasteiger partial charge on any atom is 0.251 e. The second-order valence-corrected chi connectivity index (χ2v) is 8.63. The van der Waals surface area contributed by atoms with Crippen molar-refractivity contribution in [2.75, 3.05) is 18.0 Å². The van der Waals surface area contributed by atoms with Gasteiger partial charge in [0.1, 0.15) is 0 Å². The molecule has 6 nitrogen and oxygen atoms in total. The number of halogens is 1. The molecule has 170 valence electrons. The minimum atomic E-state index is -0.144. The van der Waals surface area contributed by atoms with Crippen LogP contribution in [0, 0.1) is 0 Å². The van der Waals surface area contributed by atoms with Crippen LogP contribution in [-0.4, -0.2) is 24.0 Å². The number of hydrogen-bond acceptors (Lipinski definition) is 5. The molecule has 1 aliphatic rings. The Morgan fingerprint density at radius 1 is 1.03 bits per heavy atom. The number of carbonyl (C=O) groups is 1. The number of nitrogens with two attached hydrogens (primary N) is 2. The quantitative estimate of drug-likeness (QED) is 0.485. The van der Waals surface area contributed by atoms with Crippen molar-refractivity contribution >= 4 is 34.6 Å². The average molecular weight is 462 g/mol. The number of nitrogens with one attached hydrogen (secondary N) is 1. The summed E-state index contributed by atoms with van der Waals surface area (Å²) in [5.41, 5.74) is 11.9. The molecule has 1 unspecified atom stereocenters. The predicted octanol–water partition coefficient (Wildman–Crippen LogP) is 4.81. The molecule has 0 radical (unpaired) electrons. The number of hydrazine groups is 1. The van der Waals surface area contributed by atoms with E-state index in [0.29, 0.717) is 29.4 Å². The fourth-order valence-electron chi connectivity index (χ4n) is 4.12. The molecule has 33 heavy (non-hydrogen) atoms. The molecule has 0 spiro atoms. The fraction of sp³-hybridized carbons (Fsp3) is 0.192. The van der Waals surface area contributed by atoms with Gasteiger partial charge in [0, 0.05) is 34.1 Å². The summed E-state index contributed by atoms with van der Waals surface area (Å²) in [5.74, 6) is 6.21. The SMILES string of the molecule is C/C(N)=C1\c2ccc(C(=O)NC(C)c3ccccc3)cc2N(c2ccc(Cl)cc2)CCN1N. The Kier molecular flexibility index (Phi) is 6.58. The van der Waals surface area contributed by atoms with Gasteiger partial charge in [0.25, 0.3) is 5.91 Å². The number of anilines is 2. The molecule has 1 heterocycles. The normalized spacial score (nSPS) is 16.0. The van der Waals surface area contributed by atoms with Gasteiger partial charge in [0.2, 0.25) is 0 Å². The van der Waals surface area contributed by atoms with Crippen LogP contribution in [-0.2, 0) is 0 Å². The smallest absolute Gasteiger partial charge is 0.251 e. The number of hydrogen-bond donors (Lipinski definition) is 3. The Bertz CT molecular complexity index is 1170. The lowest BCUT2D eigenvalue weighted by Crippen LogP contribution is -2.34. The third kappa shape index (κ3) is 4.82. The van der Waals surface area contributed by atoms with Gasteiger partial charge in [-0.2, -0.15) is 0 Å². The van der Waals surface area contributed by atoms with Crippen molar-refractivity contribution in [3.63, 3.8) is 0 Å². The molecule has 1 amide bonds. The Hall–Kier alpha value is -3.48. The summed E-state index contributed by atoms with van der Waals surface area (Å²) < 4.78 is 0. The van der Waals surface area contributed by atoms with Crippen LogP contribution in [0.4, 0.5) is 11.4 Å². The Morgan fingerprint density at radius 2 is 1.73 bits per heavy atom. The van der Waals surface area contributed by atoms with E-state index >= 15 is 0 Å². The average Bonchev–Trinajstić information content (AvgIpc) is 2.95. The van der Waals surface area contributed by atoms with E-state index in [1.165, 1.54) is 0 Å². The van der Waals surface area contributed by atoms with Gasteiger partial charge in [-0.15, -0.1) is 0 Å². The summed E-state index contributed by atoms with van der Waals surface area (Å²) in [6, 6.07) is 23.0. The lowest BCUT2D eigenvalue weighted by molar-refractivity contribution is 0.0940. The van der Waals surface area contributed by atoms with Crippen molar-refractivity contribution in [1.82, 2.24) is 10.3 Å². The first kappa shape index (κ1) is 22.7. The summed E-state index contributed by atoms with van der Waals surface area (Å²) >= 11 is 6.11. The van der Waals surface area contributed by atoms with Gasteiger partial charge in [-0.3, -0.25) is 4.79 Å². The van der Waals surface area contributed by atoms with Gasteiger partial charge in [-0.25, -0.2) is 5.84 Å². The topological polar surface area (TPSA) is 87.6 Å². The van der Waals surface area contributed by atoms with Crippen molar-refractivity contribution < 1.29 is 4.79 Å². The van der Waals surface area contributed by atoms with Crippen LogP contribution in [0.1, 0.15) is 41.4 Å². The number of rotatable bonds is 4. The summed E-state index contributed by atoms with van der Waals surface area (Å²) in [6.45, 7) is 4.99. The molecule has 0 saturated heterocycles. The molecule has 3 aromatic carbocycles. The van der Waals surface area contributed by atoms with E-state index in [-0.39, 0.29) is 11.9 Å². The van der Waals surface area contributed by atoms with Crippen molar-refractivity contribution in [1.29, 1.82) is 0 Å². The van der Waals surface area contributed by atoms with E-state index in [2.05, 4.69) is 10.2 Å². The van der Waals surface area contributed by atoms with Gasteiger partial charge in [0.15, 0.2) is 0 Å². The first-order chi connectivity index (χ1) is 15.8. The molecule has 0 bridgehead atoms. The van der Waals surface area contributed by atoms with Crippen LogP contribution in [0.3, 0.4) is 0 Å². The highest BCUT2D eigenvalue weighted by atomic mass is 35.5. The minimum Gasteiger partial charge on any atom is -0.401 e. The zero-order chi connectivity index (χ0) is 23.5. The zero-order valence-electron chi connectivity index (χ0n) is 18.8. The summed E-state index contributed by atoms with van der Waals surface area (Å²) in [7, 11) is 0.